The molecule has 0 unspecified atom stereocenters. The summed E-state index contributed by atoms with van der Waals surface area (Å²) in [6, 6.07) is 14.2. The van der Waals surface area contributed by atoms with Gasteiger partial charge < -0.3 is 19.8 Å². The van der Waals surface area contributed by atoms with Crippen molar-refractivity contribution in [3.05, 3.63) is 92.9 Å². The number of nitrogens with zero attached hydrogens (tertiary/aromatic N) is 2. The van der Waals surface area contributed by atoms with Gasteiger partial charge in [0.05, 0.1) is 17.7 Å². The number of anilines is 1. The number of aromatic amines is 1. The predicted molar refractivity (Wildman–Crippen MR) is 113 cm³/mol. The summed E-state index contributed by atoms with van der Waals surface area (Å²) in [4.78, 5) is 44.8. The summed E-state index contributed by atoms with van der Waals surface area (Å²) in [5.41, 5.74) is 0.221. The summed E-state index contributed by atoms with van der Waals surface area (Å²) in [5, 5.41) is 3.56. The molecule has 0 aliphatic carbocycles. The van der Waals surface area contributed by atoms with Crippen molar-refractivity contribution in [1.29, 1.82) is 0 Å². The molecule has 2 aromatic carbocycles. The molecule has 0 fully saturated rings. The Morgan fingerprint density at radius 2 is 1.94 bits per heavy atom. The minimum absolute atomic E-state index is 0.0260. The summed E-state index contributed by atoms with van der Waals surface area (Å²) >= 11 is 0. The summed E-state index contributed by atoms with van der Waals surface area (Å²) in [6.45, 7) is 0.0970. The van der Waals surface area contributed by atoms with Gasteiger partial charge in [-0.2, -0.15) is 0 Å². The number of carbonyl (C=O) groups is 1. The lowest BCUT2D eigenvalue weighted by molar-refractivity contribution is 0.102. The molecule has 1 aliphatic heterocycles. The lowest BCUT2D eigenvalue weighted by atomic mass is 10.2. The van der Waals surface area contributed by atoms with Crippen LogP contribution in [0, 0.1) is 0 Å². The molecule has 0 bridgehead atoms. The van der Waals surface area contributed by atoms with Gasteiger partial charge in [-0.05, 0) is 29.8 Å². The fourth-order valence-corrected chi connectivity index (χ4v) is 3.43. The number of carbonyl (C=O) groups excluding carboxylic acids is 1. The number of rotatable bonds is 4. The quantitative estimate of drug-likeness (QED) is 0.527. The highest BCUT2D eigenvalue weighted by Crippen LogP contribution is 2.32. The maximum Gasteiger partial charge on any atom is 0.328 e. The number of nitrogens with one attached hydrogen (secondary N) is 2. The SMILES string of the molecule is O=C(Nc1cccc2cccnc12)c1c[nH]c(=O)n(Cc2ccc3c(c2)OCO3)c1=O. The third-order valence-electron chi connectivity index (χ3n) is 4.96. The highest BCUT2D eigenvalue weighted by atomic mass is 16.7. The molecule has 154 valence electrons. The Bertz CT molecular complexity index is 1430. The smallest absolute Gasteiger partial charge is 0.328 e. The molecular formula is C22H16N4O5. The first-order valence-electron chi connectivity index (χ1n) is 9.46. The Kier molecular flexibility index (Phi) is 4.47. The molecular weight excluding hydrogens is 400 g/mol. The van der Waals surface area contributed by atoms with Crippen LogP contribution < -0.4 is 26.0 Å². The Morgan fingerprint density at radius 3 is 2.84 bits per heavy atom. The van der Waals surface area contributed by atoms with E-state index in [2.05, 4.69) is 15.3 Å². The van der Waals surface area contributed by atoms with E-state index in [-0.39, 0.29) is 18.9 Å². The molecule has 3 heterocycles. The third-order valence-corrected chi connectivity index (χ3v) is 4.96. The van der Waals surface area contributed by atoms with Crippen molar-refractivity contribution in [2.45, 2.75) is 6.54 Å². The summed E-state index contributed by atoms with van der Waals surface area (Å²) in [5.74, 6) is 0.500. The standard InChI is InChI=1S/C22H16N4O5/c27-20(25-16-5-1-3-14-4-2-8-23-19(14)16)15-10-24-22(29)26(21(15)28)11-13-6-7-17-18(9-13)31-12-30-17/h1-10H,11-12H2,(H,24,29)(H,25,27). The van der Waals surface area contributed by atoms with Crippen LogP contribution in [0.2, 0.25) is 0 Å². The number of hydrogen-bond acceptors (Lipinski definition) is 6. The minimum Gasteiger partial charge on any atom is -0.454 e. The molecule has 2 N–H and O–H groups in total. The zero-order chi connectivity index (χ0) is 21.4. The molecule has 0 saturated heterocycles. The number of para-hydroxylation sites is 1. The molecule has 5 rings (SSSR count). The van der Waals surface area contributed by atoms with Gasteiger partial charge in [0, 0.05) is 17.8 Å². The number of H-pyrrole nitrogens is 1. The monoisotopic (exact) mass is 416 g/mol. The molecule has 9 nitrogen and oxygen atoms in total. The number of aromatic nitrogens is 3. The predicted octanol–water partition coefficient (Wildman–Crippen LogP) is 2.11. The van der Waals surface area contributed by atoms with Gasteiger partial charge in [0.15, 0.2) is 11.5 Å². The molecule has 2 aromatic heterocycles. The van der Waals surface area contributed by atoms with Gasteiger partial charge in [-0.1, -0.05) is 24.3 Å². The van der Waals surface area contributed by atoms with Crippen LogP contribution in [0.5, 0.6) is 11.5 Å². The van der Waals surface area contributed by atoms with Crippen molar-refractivity contribution in [3.8, 4) is 11.5 Å². The van der Waals surface area contributed by atoms with Gasteiger partial charge in [-0.15, -0.1) is 0 Å². The highest BCUT2D eigenvalue weighted by Gasteiger charge is 2.18. The molecule has 1 amide bonds. The van der Waals surface area contributed by atoms with Crippen LogP contribution in [-0.2, 0) is 6.54 Å². The van der Waals surface area contributed by atoms with Crippen LogP contribution >= 0.6 is 0 Å². The second-order valence-electron chi connectivity index (χ2n) is 6.92. The van der Waals surface area contributed by atoms with Crippen molar-refractivity contribution in [2.75, 3.05) is 12.1 Å². The fraction of sp³-hybridized carbons (Fsp3) is 0.0909. The Morgan fingerprint density at radius 1 is 1.10 bits per heavy atom. The average Bonchev–Trinajstić information content (AvgIpc) is 3.25. The minimum atomic E-state index is -0.702. The number of amides is 1. The first kappa shape index (κ1) is 18.6. The normalized spacial score (nSPS) is 12.1. The first-order chi connectivity index (χ1) is 15.1. The second-order valence-corrected chi connectivity index (χ2v) is 6.92. The largest absolute Gasteiger partial charge is 0.454 e. The molecule has 0 saturated carbocycles. The number of pyridine rings is 1. The van der Waals surface area contributed by atoms with E-state index in [1.807, 2.05) is 12.1 Å². The lowest BCUT2D eigenvalue weighted by Gasteiger charge is -2.10. The van der Waals surface area contributed by atoms with Gasteiger partial charge in [-0.3, -0.25) is 19.1 Å². The summed E-state index contributed by atoms with van der Waals surface area (Å²) in [7, 11) is 0. The van der Waals surface area contributed by atoms with Crippen LogP contribution in [-0.4, -0.2) is 27.2 Å². The average molecular weight is 416 g/mol. The molecule has 1 aliphatic rings. The number of fused-ring (bicyclic) bond motifs is 2. The Hall–Kier alpha value is -4.40. The van der Waals surface area contributed by atoms with Gasteiger partial charge in [0.2, 0.25) is 6.79 Å². The lowest BCUT2D eigenvalue weighted by Crippen LogP contribution is -2.39. The van der Waals surface area contributed by atoms with E-state index in [0.29, 0.717) is 28.3 Å². The van der Waals surface area contributed by atoms with Crippen LogP contribution in [0.3, 0.4) is 0 Å². The van der Waals surface area contributed by atoms with Crippen molar-refractivity contribution in [3.63, 3.8) is 0 Å². The van der Waals surface area contributed by atoms with Crippen molar-refractivity contribution < 1.29 is 14.3 Å². The maximum absolute atomic E-state index is 12.9. The van der Waals surface area contributed by atoms with Crippen molar-refractivity contribution >= 4 is 22.5 Å². The van der Waals surface area contributed by atoms with E-state index in [4.69, 9.17) is 9.47 Å². The maximum atomic E-state index is 12.9. The van der Waals surface area contributed by atoms with Crippen molar-refractivity contribution in [2.24, 2.45) is 0 Å². The van der Waals surface area contributed by atoms with Crippen LogP contribution in [0.25, 0.3) is 10.9 Å². The summed E-state index contributed by atoms with van der Waals surface area (Å²) < 4.78 is 11.6. The van der Waals surface area contributed by atoms with Gasteiger partial charge in [0.25, 0.3) is 11.5 Å². The summed E-state index contributed by atoms with van der Waals surface area (Å²) in [6.07, 6.45) is 2.74. The number of ether oxygens (including phenoxy) is 2. The van der Waals surface area contributed by atoms with Gasteiger partial charge in [0.1, 0.15) is 5.56 Å². The van der Waals surface area contributed by atoms with E-state index < -0.39 is 17.2 Å². The zero-order valence-corrected chi connectivity index (χ0v) is 16.1. The Balaban J connectivity index is 1.47. The topological polar surface area (TPSA) is 115 Å². The van der Waals surface area contributed by atoms with E-state index in [1.54, 1.807) is 42.6 Å². The molecule has 9 heteroatoms. The van der Waals surface area contributed by atoms with Crippen molar-refractivity contribution in [1.82, 2.24) is 14.5 Å². The van der Waals surface area contributed by atoms with E-state index in [9.17, 15) is 14.4 Å². The number of hydrogen-bond donors (Lipinski definition) is 2. The van der Waals surface area contributed by atoms with Crippen LogP contribution in [0.15, 0.2) is 70.5 Å². The molecule has 0 radical (unpaired) electrons. The van der Waals surface area contributed by atoms with Crippen LogP contribution in [0.4, 0.5) is 5.69 Å². The molecule has 0 spiro atoms. The van der Waals surface area contributed by atoms with E-state index in [0.717, 1.165) is 16.2 Å². The van der Waals surface area contributed by atoms with E-state index in [1.165, 1.54) is 0 Å². The fourth-order valence-electron chi connectivity index (χ4n) is 3.43. The Labute approximate surface area is 174 Å². The molecule has 31 heavy (non-hydrogen) atoms. The zero-order valence-electron chi connectivity index (χ0n) is 16.1. The van der Waals surface area contributed by atoms with E-state index >= 15 is 0 Å². The number of benzene rings is 2. The third kappa shape index (κ3) is 3.42. The second kappa shape index (κ2) is 7.45. The molecule has 0 atom stereocenters. The van der Waals surface area contributed by atoms with Gasteiger partial charge >= 0.3 is 5.69 Å². The van der Waals surface area contributed by atoms with Crippen LogP contribution in [0.1, 0.15) is 15.9 Å². The first-order valence-corrected chi connectivity index (χ1v) is 9.46. The highest BCUT2D eigenvalue weighted by molar-refractivity contribution is 6.07. The molecule has 4 aromatic rings. The van der Waals surface area contributed by atoms with Gasteiger partial charge in [-0.25, -0.2) is 4.79 Å².